The van der Waals surface area contributed by atoms with Crippen LogP contribution in [0.2, 0.25) is 0 Å². The second-order valence-electron chi connectivity index (χ2n) is 3.28. The van der Waals surface area contributed by atoms with Gasteiger partial charge in [-0.25, -0.2) is 4.79 Å². The molecule has 0 aliphatic heterocycles. The van der Waals surface area contributed by atoms with E-state index < -0.39 is 12.1 Å². The average molecular weight is 245 g/mol. The van der Waals surface area contributed by atoms with Gasteiger partial charge in [-0.1, -0.05) is 12.7 Å². The van der Waals surface area contributed by atoms with Gasteiger partial charge in [0.05, 0.1) is 0 Å². The van der Waals surface area contributed by atoms with Crippen molar-refractivity contribution in [2.45, 2.75) is 19.3 Å². The average Bonchev–Trinajstić information content (AvgIpc) is 2.29. The number of hydrogen-bond acceptors (Lipinski definition) is 4. The zero-order valence-corrected chi connectivity index (χ0v) is 9.81. The quantitative estimate of drug-likeness (QED) is 0.446. The first-order valence-corrected chi connectivity index (χ1v) is 5.48. The fourth-order valence-corrected chi connectivity index (χ4v) is 0.978. The summed E-state index contributed by atoms with van der Waals surface area (Å²) in [7, 11) is 0. The topological polar surface area (TPSA) is 84.9 Å². The number of carboxylic acids is 1. The van der Waals surface area contributed by atoms with Crippen molar-refractivity contribution < 1.29 is 24.2 Å². The Morgan fingerprint density at radius 3 is 2.65 bits per heavy atom. The van der Waals surface area contributed by atoms with Crippen LogP contribution in [-0.2, 0) is 14.3 Å². The van der Waals surface area contributed by atoms with Crippen molar-refractivity contribution in [3.63, 3.8) is 0 Å². The fourth-order valence-electron chi connectivity index (χ4n) is 0.978. The van der Waals surface area contributed by atoms with E-state index in [2.05, 4.69) is 16.6 Å². The van der Waals surface area contributed by atoms with Crippen molar-refractivity contribution in [1.82, 2.24) is 5.32 Å². The molecule has 1 amide bonds. The minimum Gasteiger partial charge on any atom is -0.481 e. The lowest BCUT2D eigenvalue weighted by Gasteiger charge is -2.05. The van der Waals surface area contributed by atoms with Gasteiger partial charge in [0.1, 0.15) is 6.61 Å². The van der Waals surface area contributed by atoms with Gasteiger partial charge in [0, 0.05) is 26.2 Å². The molecular formula is C11H19NO5. The summed E-state index contributed by atoms with van der Waals surface area (Å²) in [6, 6.07) is 0. The molecule has 2 N–H and O–H groups in total. The van der Waals surface area contributed by atoms with Gasteiger partial charge in [0.2, 0.25) is 0 Å². The Kier molecular flexibility index (Phi) is 9.94. The van der Waals surface area contributed by atoms with Crippen molar-refractivity contribution in [1.29, 1.82) is 0 Å². The molecule has 0 unspecified atom stereocenters. The number of amides is 1. The van der Waals surface area contributed by atoms with Crippen LogP contribution in [-0.4, -0.2) is 43.5 Å². The van der Waals surface area contributed by atoms with Crippen LogP contribution in [0.25, 0.3) is 0 Å². The summed E-state index contributed by atoms with van der Waals surface area (Å²) >= 11 is 0. The molecule has 0 atom stereocenters. The van der Waals surface area contributed by atoms with E-state index >= 15 is 0 Å². The lowest BCUT2D eigenvalue weighted by Crippen LogP contribution is -2.26. The van der Waals surface area contributed by atoms with E-state index in [9.17, 15) is 9.59 Å². The van der Waals surface area contributed by atoms with Gasteiger partial charge in [-0.15, -0.1) is 0 Å². The lowest BCUT2D eigenvalue weighted by molar-refractivity contribution is -0.137. The maximum Gasteiger partial charge on any atom is 0.407 e. The number of hydrogen-bond donors (Lipinski definition) is 2. The van der Waals surface area contributed by atoms with Gasteiger partial charge in [-0.3, -0.25) is 4.79 Å². The van der Waals surface area contributed by atoms with E-state index in [1.807, 2.05) is 0 Å². The zero-order chi connectivity index (χ0) is 12.9. The lowest BCUT2D eigenvalue weighted by atomic mass is 10.3. The smallest absolute Gasteiger partial charge is 0.407 e. The molecular weight excluding hydrogens is 226 g/mol. The minimum absolute atomic E-state index is 0.117. The van der Waals surface area contributed by atoms with Crippen LogP contribution in [0.1, 0.15) is 19.3 Å². The summed E-state index contributed by atoms with van der Waals surface area (Å²) in [5.41, 5.74) is 0. The Morgan fingerprint density at radius 2 is 2.00 bits per heavy atom. The number of ether oxygens (including phenoxy) is 2. The van der Waals surface area contributed by atoms with Crippen LogP contribution in [0.3, 0.4) is 0 Å². The molecule has 0 aliphatic carbocycles. The van der Waals surface area contributed by atoms with Crippen LogP contribution < -0.4 is 5.32 Å². The maximum atomic E-state index is 10.9. The Morgan fingerprint density at radius 1 is 1.29 bits per heavy atom. The van der Waals surface area contributed by atoms with Crippen molar-refractivity contribution in [2.75, 3.05) is 26.4 Å². The largest absolute Gasteiger partial charge is 0.481 e. The van der Waals surface area contributed by atoms with Crippen molar-refractivity contribution in [3.05, 3.63) is 12.7 Å². The molecule has 6 heteroatoms. The van der Waals surface area contributed by atoms with Crippen LogP contribution in [0.15, 0.2) is 12.7 Å². The van der Waals surface area contributed by atoms with E-state index in [4.69, 9.17) is 9.84 Å². The minimum atomic E-state index is -0.819. The number of aliphatic carboxylic acids is 1. The third-order valence-corrected chi connectivity index (χ3v) is 1.75. The first kappa shape index (κ1) is 15.4. The summed E-state index contributed by atoms with van der Waals surface area (Å²) in [4.78, 5) is 21.1. The fraction of sp³-hybridized carbons (Fsp3) is 0.636. The first-order chi connectivity index (χ1) is 8.16. The summed E-state index contributed by atoms with van der Waals surface area (Å²) in [5.74, 6) is -0.819. The predicted molar refractivity (Wildman–Crippen MR) is 61.9 cm³/mol. The molecule has 0 bridgehead atoms. The number of carbonyl (C=O) groups excluding carboxylic acids is 1. The number of carboxylic acid groups (broad SMARTS) is 1. The predicted octanol–water partition coefficient (Wildman–Crippen LogP) is 1.17. The number of alkyl carbamates (subject to hydrolysis) is 1. The molecule has 0 spiro atoms. The second-order valence-corrected chi connectivity index (χ2v) is 3.28. The van der Waals surface area contributed by atoms with Crippen LogP contribution in [0.5, 0.6) is 0 Å². The van der Waals surface area contributed by atoms with Crippen molar-refractivity contribution >= 4 is 12.1 Å². The Balaban J connectivity index is 3.15. The standard InChI is InChI=1S/C11H19NO5/c1-2-7-17-11(15)12-6-4-9-16-8-3-5-10(13)14/h2H,1,3-9H2,(H,12,15)(H,13,14). The van der Waals surface area contributed by atoms with Gasteiger partial charge in [-0.2, -0.15) is 0 Å². The molecule has 0 heterocycles. The SMILES string of the molecule is C=CCOC(=O)NCCCOCCCC(=O)O. The van der Waals surface area contributed by atoms with E-state index in [1.54, 1.807) is 0 Å². The second kappa shape index (κ2) is 10.9. The van der Waals surface area contributed by atoms with Crippen LogP contribution in [0, 0.1) is 0 Å². The van der Waals surface area contributed by atoms with Gasteiger partial charge in [0.15, 0.2) is 0 Å². The van der Waals surface area contributed by atoms with Crippen LogP contribution >= 0.6 is 0 Å². The third kappa shape index (κ3) is 12.4. The zero-order valence-electron chi connectivity index (χ0n) is 9.81. The number of carbonyl (C=O) groups is 2. The normalized spacial score (nSPS) is 9.65. The molecule has 6 nitrogen and oxygen atoms in total. The van der Waals surface area contributed by atoms with Crippen molar-refractivity contribution in [3.8, 4) is 0 Å². The summed E-state index contributed by atoms with van der Waals surface area (Å²) in [6.07, 6.45) is 2.30. The molecule has 0 aliphatic rings. The molecule has 0 aromatic rings. The van der Waals surface area contributed by atoms with E-state index in [0.29, 0.717) is 32.6 Å². The molecule has 0 fully saturated rings. The molecule has 0 saturated carbocycles. The van der Waals surface area contributed by atoms with E-state index in [0.717, 1.165) is 0 Å². The van der Waals surface area contributed by atoms with Gasteiger partial charge >= 0.3 is 12.1 Å². The maximum absolute atomic E-state index is 10.9. The van der Waals surface area contributed by atoms with Crippen LogP contribution in [0.4, 0.5) is 4.79 Å². The molecule has 0 radical (unpaired) electrons. The highest BCUT2D eigenvalue weighted by molar-refractivity contribution is 5.67. The van der Waals surface area contributed by atoms with Gasteiger partial charge < -0.3 is 19.9 Å². The van der Waals surface area contributed by atoms with E-state index in [1.165, 1.54) is 6.08 Å². The number of rotatable bonds is 10. The highest BCUT2D eigenvalue weighted by atomic mass is 16.5. The first-order valence-electron chi connectivity index (χ1n) is 5.48. The molecule has 98 valence electrons. The summed E-state index contributed by atoms with van der Waals surface area (Å²) in [6.45, 7) is 4.99. The Hall–Kier alpha value is -1.56. The Labute approximate surface area is 101 Å². The molecule has 0 saturated heterocycles. The highest BCUT2D eigenvalue weighted by Crippen LogP contribution is 1.91. The molecule has 0 aromatic carbocycles. The molecule has 17 heavy (non-hydrogen) atoms. The number of nitrogens with one attached hydrogen (secondary N) is 1. The monoisotopic (exact) mass is 245 g/mol. The third-order valence-electron chi connectivity index (χ3n) is 1.75. The van der Waals surface area contributed by atoms with Gasteiger partial charge in [0.25, 0.3) is 0 Å². The molecule has 0 rings (SSSR count). The Bertz CT molecular complexity index is 242. The highest BCUT2D eigenvalue weighted by Gasteiger charge is 1.99. The van der Waals surface area contributed by atoms with E-state index in [-0.39, 0.29) is 13.0 Å². The summed E-state index contributed by atoms with van der Waals surface area (Å²) in [5, 5.41) is 10.9. The van der Waals surface area contributed by atoms with Gasteiger partial charge in [-0.05, 0) is 12.8 Å². The van der Waals surface area contributed by atoms with Crippen molar-refractivity contribution in [2.24, 2.45) is 0 Å². The molecule has 0 aromatic heterocycles. The summed E-state index contributed by atoms with van der Waals surface area (Å²) < 4.78 is 9.86.